The number of fused-ring (bicyclic) bond motifs is 1. The number of rotatable bonds is 4. The summed E-state index contributed by atoms with van der Waals surface area (Å²) in [5, 5.41) is 25.6. The third-order valence-corrected chi connectivity index (χ3v) is 6.05. The highest BCUT2D eigenvalue weighted by molar-refractivity contribution is 7.89. The predicted molar refractivity (Wildman–Crippen MR) is 84.6 cm³/mol. The number of carboxylic acid groups (broad SMARTS) is 2. The minimum atomic E-state index is -4.42. The van der Waals surface area contributed by atoms with Gasteiger partial charge in [0.25, 0.3) is 0 Å². The standard InChI is InChI=1S/C14H12ClN3O6S/c15-7-1-3-8(4-2-7)25(23,24)18-11(13(19)20)5-10-9(6-16-17-10)12(18)14(21)22/h1-4,6,11-12H,5H2,(H,16,17)(H,19,20)(H,21,22). The second-order valence-electron chi connectivity index (χ2n) is 5.39. The minimum Gasteiger partial charge on any atom is -0.480 e. The zero-order valence-electron chi connectivity index (χ0n) is 12.5. The highest BCUT2D eigenvalue weighted by atomic mass is 35.5. The number of carboxylic acids is 2. The largest absolute Gasteiger partial charge is 0.480 e. The van der Waals surface area contributed by atoms with E-state index in [2.05, 4.69) is 10.2 Å². The van der Waals surface area contributed by atoms with Gasteiger partial charge in [0.15, 0.2) is 6.04 Å². The molecular formula is C14H12ClN3O6S. The summed E-state index contributed by atoms with van der Waals surface area (Å²) < 4.78 is 26.5. The van der Waals surface area contributed by atoms with Crippen LogP contribution in [0.15, 0.2) is 35.4 Å². The van der Waals surface area contributed by atoms with Crippen molar-refractivity contribution in [3.63, 3.8) is 0 Å². The molecule has 1 aromatic heterocycles. The van der Waals surface area contributed by atoms with Crippen LogP contribution in [0.5, 0.6) is 0 Å². The van der Waals surface area contributed by atoms with Gasteiger partial charge >= 0.3 is 11.9 Å². The molecular weight excluding hydrogens is 374 g/mol. The van der Waals surface area contributed by atoms with E-state index in [0.29, 0.717) is 9.33 Å². The molecule has 9 nitrogen and oxygen atoms in total. The molecule has 0 bridgehead atoms. The quantitative estimate of drug-likeness (QED) is 0.709. The Hall–Kier alpha value is -2.43. The van der Waals surface area contributed by atoms with E-state index in [1.807, 2.05) is 0 Å². The lowest BCUT2D eigenvalue weighted by Gasteiger charge is -2.36. The van der Waals surface area contributed by atoms with Crippen molar-refractivity contribution in [1.29, 1.82) is 0 Å². The van der Waals surface area contributed by atoms with Crippen LogP contribution in [0.4, 0.5) is 0 Å². The average molecular weight is 386 g/mol. The number of nitrogens with one attached hydrogen (secondary N) is 1. The van der Waals surface area contributed by atoms with Gasteiger partial charge in [0.1, 0.15) is 6.04 Å². The van der Waals surface area contributed by atoms with Crippen LogP contribution in [-0.4, -0.2) is 51.1 Å². The summed E-state index contributed by atoms with van der Waals surface area (Å²) in [6, 6.07) is 1.75. The lowest BCUT2D eigenvalue weighted by Crippen LogP contribution is -2.53. The van der Waals surface area contributed by atoms with Gasteiger partial charge in [-0.2, -0.15) is 9.40 Å². The van der Waals surface area contributed by atoms with Gasteiger partial charge in [-0.3, -0.25) is 14.7 Å². The molecule has 0 fully saturated rings. The molecule has 2 aromatic rings. The second-order valence-corrected chi connectivity index (χ2v) is 7.67. The van der Waals surface area contributed by atoms with Crippen molar-refractivity contribution in [3.8, 4) is 0 Å². The zero-order valence-corrected chi connectivity index (χ0v) is 14.0. The summed E-state index contributed by atoms with van der Waals surface area (Å²) in [5.74, 6) is -2.95. The lowest BCUT2D eigenvalue weighted by atomic mass is 9.96. The number of carbonyl (C=O) groups is 2. The lowest BCUT2D eigenvalue weighted by molar-refractivity contribution is -0.147. The first kappa shape index (κ1) is 17.4. The van der Waals surface area contributed by atoms with E-state index in [4.69, 9.17) is 11.6 Å². The SMILES string of the molecule is O=C(O)C1Cc2[nH]ncc2C(C(=O)O)N1S(=O)(=O)c1ccc(Cl)cc1. The third kappa shape index (κ3) is 2.88. The third-order valence-electron chi connectivity index (χ3n) is 3.91. The number of benzene rings is 1. The molecule has 11 heteroatoms. The summed E-state index contributed by atoms with van der Waals surface area (Å²) in [7, 11) is -4.42. The Morgan fingerprint density at radius 3 is 2.40 bits per heavy atom. The number of aromatic nitrogens is 2. The molecule has 3 rings (SSSR count). The van der Waals surface area contributed by atoms with E-state index >= 15 is 0 Å². The maximum atomic E-state index is 13.0. The summed E-state index contributed by atoms with van der Waals surface area (Å²) >= 11 is 5.75. The van der Waals surface area contributed by atoms with Crippen LogP contribution < -0.4 is 0 Å². The Labute approximate surface area is 146 Å². The Morgan fingerprint density at radius 2 is 1.84 bits per heavy atom. The molecule has 1 aliphatic rings. The summed E-state index contributed by atoms with van der Waals surface area (Å²) in [6.07, 6.45) is 0.970. The molecule has 2 heterocycles. The number of sulfonamides is 1. The first-order chi connectivity index (χ1) is 11.7. The van der Waals surface area contributed by atoms with E-state index in [-0.39, 0.29) is 22.6 Å². The van der Waals surface area contributed by atoms with E-state index < -0.39 is 34.0 Å². The minimum absolute atomic E-state index is 0.113. The number of halogens is 1. The van der Waals surface area contributed by atoms with Crippen molar-refractivity contribution in [2.24, 2.45) is 0 Å². The van der Waals surface area contributed by atoms with Crippen LogP contribution in [0, 0.1) is 0 Å². The van der Waals surface area contributed by atoms with E-state index in [0.717, 1.165) is 0 Å². The Bertz CT molecular complexity index is 940. The highest BCUT2D eigenvalue weighted by Gasteiger charge is 2.49. The Balaban J connectivity index is 2.20. The fraction of sp³-hybridized carbons (Fsp3) is 0.214. The van der Waals surface area contributed by atoms with Crippen molar-refractivity contribution in [1.82, 2.24) is 14.5 Å². The van der Waals surface area contributed by atoms with Crippen LogP contribution in [-0.2, 0) is 26.0 Å². The molecule has 0 radical (unpaired) electrons. The van der Waals surface area contributed by atoms with Gasteiger partial charge in [-0.1, -0.05) is 11.6 Å². The fourth-order valence-electron chi connectivity index (χ4n) is 2.79. The van der Waals surface area contributed by atoms with E-state index in [1.165, 1.54) is 30.5 Å². The maximum Gasteiger partial charge on any atom is 0.326 e. The fourth-order valence-corrected chi connectivity index (χ4v) is 4.62. The molecule has 1 aliphatic heterocycles. The summed E-state index contributed by atoms with van der Waals surface area (Å²) in [5.41, 5.74) is 0.393. The van der Waals surface area contributed by atoms with E-state index in [1.54, 1.807) is 0 Å². The van der Waals surface area contributed by atoms with Crippen LogP contribution in [0.3, 0.4) is 0 Å². The Kier molecular flexibility index (Phi) is 4.27. The van der Waals surface area contributed by atoms with Crippen molar-refractivity contribution in [2.45, 2.75) is 23.4 Å². The van der Waals surface area contributed by atoms with Crippen LogP contribution in [0.25, 0.3) is 0 Å². The molecule has 2 unspecified atom stereocenters. The van der Waals surface area contributed by atoms with Crippen LogP contribution in [0.2, 0.25) is 5.02 Å². The summed E-state index contributed by atoms with van der Waals surface area (Å²) in [4.78, 5) is 23.2. The van der Waals surface area contributed by atoms with Crippen molar-refractivity contribution in [3.05, 3.63) is 46.7 Å². The molecule has 0 aliphatic carbocycles. The molecule has 0 spiro atoms. The van der Waals surface area contributed by atoms with Crippen LogP contribution >= 0.6 is 11.6 Å². The number of nitrogens with zero attached hydrogens (tertiary/aromatic N) is 2. The zero-order chi connectivity index (χ0) is 18.4. The topological polar surface area (TPSA) is 141 Å². The van der Waals surface area contributed by atoms with Gasteiger partial charge < -0.3 is 10.2 Å². The van der Waals surface area contributed by atoms with E-state index in [9.17, 15) is 28.2 Å². The molecule has 25 heavy (non-hydrogen) atoms. The highest BCUT2D eigenvalue weighted by Crippen LogP contribution is 2.37. The monoisotopic (exact) mass is 385 g/mol. The molecule has 132 valence electrons. The number of aromatic amines is 1. The normalized spacial score (nSPS) is 20.8. The molecule has 0 amide bonds. The van der Waals surface area contributed by atoms with Gasteiger partial charge in [0.2, 0.25) is 10.0 Å². The first-order valence-electron chi connectivity index (χ1n) is 7.00. The summed E-state index contributed by atoms with van der Waals surface area (Å²) in [6.45, 7) is 0. The molecule has 1 aromatic carbocycles. The van der Waals surface area contributed by atoms with Gasteiger partial charge in [-0.15, -0.1) is 0 Å². The molecule has 2 atom stereocenters. The van der Waals surface area contributed by atoms with Gasteiger partial charge in [-0.05, 0) is 24.3 Å². The Morgan fingerprint density at radius 1 is 1.20 bits per heavy atom. The average Bonchev–Trinajstić information content (AvgIpc) is 3.01. The number of hydrogen-bond donors (Lipinski definition) is 3. The van der Waals surface area contributed by atoms with Gasteiger partial charge in [0.05, 0.1) is 11.1 Å². The van der Waals surface area contributed by atoms with Crippen molar-refractivity contribution in [2.75, 3.05) is 0 Å². The molecule has 0 saturated carbocycles. The number of H-pyrrole nitrogens is 1. The molecule has 0 saturated heterocycles. The van der Waals surface area contributed by atoms with Gasteiger partial charge in [-0.25, -0.2) is 8.42 Å². The smallest absolute Gasteiger partial charge is 0.326 e. The number of aliphatic carboxylic acids is 2. The molecule has 3 N–H and O–H groups in total. The van der Waals surface area contributed by atoms with Crippen molar-refractivity contribution < 1.29 is 28.2 Å². The first-order valence-corrected chi connectivity index (χ1v) is 8.82. The number of hydrogen-bond acceptors (Lipinski definition) is 5. The second kappa shape index (κ2) is 6.14. The van der Waals surface area contributed by atoms with Crippen LogP contribution in [0.1, 0.15) is 17.3 Å². The maximum absolute atomic E-state index is 13.0. The van der Waals surface area contributed by atoms with Gasteiger partial charge in [0, 0.05) is 22.7 Å². The van der Waals surface area contributed by atoms with Crippen molar-refractivity contribution >= 4 is 33.6 Å². The predicted octanol–water partition coefficient (Wildman–Crippen LogP) is 0.889.